The van der Waals surface area contributed by atoms with E-state index >= 15 is 0 Å². The summed E-state index contributed by atoms with van der Waals surface area (Å²) in [6.07, 6.45) is 5.05. The van der Waals surface area contributed by atoms with Gasteiger partial charge in [0.2, 0.25) is 5.91 Å². The molecule has 0 bridgehead atoms. The first kappa shape index (κ1) is 20.6. The van der Waals surface area contributed by atoms with Crippen LogP contribution in [0.25, 0.3) is 0 Å². The second kappa shape index (κ2) is 9.81. The van der Waals surface area contributed by atoms with Gasteiger partial charge < -0.3 is 23.9 Å². The normalized spacial score (nSPS) is 15.7. The number of ether oxygens (including phenoxy) is 1. The number of rotatable bonds is 6. The molecule has 148 valence electrons. The highest BCUT2D eigenvalue weighted by atomic mass is 16.5. The smallest absolute Gasteiger partial charge is 0.290 e. The van der Waals surface area contributed by atoms with Crippen LogP contribution in [0.1, 0.15) is 43.8 Å². The van der Waals surface area contributed by atoms with E-state index in [1.54, 1.807) is 13.3 Å². The standard InChI is InChI=1S/C16H24N6O2.CH2O2/c1-4-13-17-6-8-20(13)7-5-16(23)21-9-12(2)22-14(10-21)18-19-15(22)11-24-3;2-1-3/h6,8,12H,4-5,7,9-11H2,1-3H3;1H,(H,2,3)/t12-;/m0./s1. The van der Waals surface area contributed by atoms with Crippen molar-refractivity contribution in [1.82, 2.24) is 29.2 Å². The molecule has 10 heteroatoms. The van der Waals surface area contributed by atoms with Crippen molar-refractivity contribution >= 4 is 12.4 Å². The van der Waals surface area contributed by atoms with Crippen LogP contribution in [0.3, 0.4) is 0 Å². The molecule has 10 nitrogen and oxygen atoms in total. The van der Waals surface area contributed by atoms with Gasteiger partial charge in [0.1, 0.15) is 12.4 Å². The first-order valence-corrected chi connectivity index (χ1v) is 8.82. The maximum absolute atomic E-state index is 12.6. The highest BCUT2D eigenvalue weighted by Gasteiger charge is 2.28. The first-order chi connectivity index (χ1) is 13.0. The quantitative estimate of drug-likeness (QED) is 0.742. The number of imidazole rings is 1. The number of hydrogen-bond donors (Lipinski definition) is 1. The lowest BCUT2D eigenvalue weighted by molar-refractivity contribution is -0.133. The predicted molar refractivity (Wildman–Crippen MR) is 95.8 cm³/mol. The minimum absolute atomic E-state index is 0.139. The molecule has 0 saturated heterocycles. The van der Waals surface area contributed by atoms with Crippen molar-refractivity contribution in [3.8, 4) is 0 Å². The number of carboxylic acid groups (broad SMARTS) is 1. The van der Waals surface area contributed by atoms with Crippen LogP contribution in [-0.2, 0) is 40.4 Å². The molecular weight excluding hydrogens is 352 g/mol. The zero-order valence-corrected chi connectivity index (χ0v) is 15.9. The van der Waals surface area contributed by atoms with Crippen molar-refractivity contribution in [3.63, 3.8) is 0 Å². The number of aromatic nitrogens is 5. The predicted octanol–water partition coefficient (Wildman–Crippen LogP) is 0.878. The van der Waals surface area contributed by atoms with Crippen LogP contribution in [0.4, 0.5) is 0 Å². The van der Waals surface area contributed by atoms with Crippen LogP contribution >= 0.6 is 0 Å². The molecule has 1 N–H and O–H groups in total. The lowest BCUT2D eigenvalue weighted by atomic mass is 10.2. The molecule has 0 aromatic carbocycles. The number of carbonyl (C=O) groups excluding carboxylic acids is 1. The highest BCUT2D eigenvalue weighted by molar-refractivity contribution is 5.76. The SMILES string of the molecule is CCc1nccn1CCC(=O)N1Cc2nnc(COC)n2[C@@H](C)C1.O=CO. The second-order valence-corrected chi connectivity index (χ2v) is 6.20. The lowest BCUT2D eigenvalue weighted by Crippen LogP contribution is -2.41. The number of aryl methyl sites for hydroxylation is 2. The fraction of sp³-hybridized carbons (Fsp3) is 0.588. The van der Waals surface area contributed by atoms with Crippen LogP contribution in [0.15, 0.2) is 12.4 Å². The van der Waals surface area contributed by atoms with Crippen molar-refractivity contribution in [2.45, 2.75) is 52.4 Å². The molecule has 3 rings (SSSR count). The van der Waals surface area contributed by atoms with Crippen molar-refractivity contribution in [3.05, 3.63) is 29.9 Å². The Kier molecular flexibility index (Phi) is 7.47. The van der Waals surface area contributed by atoms with Gasteiger partial charge in [0.05, 0.1) is 12.6 Å². The van der Waals surface area contributed by atoms with Gasteiger partial charge >= 0.3 is 0 Å². The third-order valence-electron chi connectivity index (χ3n) is 4.41. The molecule has 0 unspecified atom stereocenters. The minimum Gasteiger partial charge on any atom is -0.483 e. The molecule has 1 aliphatic heterocycles. The van der Waals surface area contributed by atoms with E-state index in [9.17, 15) is 4.79 Å². The number of carbonyl (C=O) groups is 2. The number of methoxy groups -OCH3 is 1. The Labute approximate surface area is 157 Å². The number of amides is 1. The largest absolute Gasteiger partial charge is 0.483 e. The number of hydrogen-bond acceptors (Lipinski definition) is 6. The Hall–Kier alpha value is -2.75. The first-order valence-electron chi connectivity index (χ1n) is 8.82. The molecule has 27 heavy (non-hydrogen) atoms. The molecule has 0 aliphatic carbocycles. The van der Waals surface area contributed by atoms with Crippen LogP contribution < -0.4 is 0 Å². The van der Waals surface area contributed by atoms with Crippen LogP contribution in [0.5, 0.6) is 0 Å². The van der Waals surface area contributed by atoms with Gasteiger partial charge in [0.15, 0.2) is 11.6 Å². The summed E-state index contributed by atoms with van der Waals surface area (Å²) >= 11 is 0. The van der Waals surface area contributed by atoms with Crippen molar-refractivity contribution in [2.24, 2.45) is 0 Å². The molecule has 1 aliphatic rings. The summed E-state index contributed by atoms with van der Waals surface area (Å²) in [6, 6.07) is 0.150. The van der Waals surface area contributed by atoms with Crippen LogP contribution in [-0.4, -0.2) is 60.4 Å². The van der Waals surface area contributed by atoms with Gasteiger partial charge in [-0.25, -0.2) is 4.98 Å². The fourth-order valence-corrected chi connectivity index (χ4v) is 3.26. The van der Waals surface area contributed by atoms with Gasteiger partial charge in [0, 0.05) is 45.4 Å². The Morgan fingerprint density at radius 1 is 1.41 bits per heavy atom. The fourth-order valence-electron chi connectivity index (χ4n) is 3.26. The number of nitrogens with zero attached hydrogens (tertiary/aromatic N) is 6. The summed E-state index contributed by atoms with van der Waals surface area (Å²) in [5.41, 5.74) is 0. The van der Waals surface area contributed by atoms with Crippen LogP contribution in [0.2, 0.25) is 0 Å². The van der Waals surface area contributed by atoms with E-state index in [1.807, 2.05) is 15.7 Å². The maximum Gasteiger partial charge on any atom is 0.290 e. The van der Waals surface area contributed by atoms with E-state index in [0.29, 0.717) is 32.7 Å². The molecular formula is C17H26N6O4. The Morgan fingerprint density at radius 2 is 2.15 bits per heavy atom. The molecule has 2 aromatic heterocycles. The second-order valence-electron chi connectivity index (χ2n) is 6.20. The zero-order valence-electron chi connectivity index (χ0n) is 15.9. The molecule has 1 amide bonds. The molecule has 3 heterocycles. The monoisotopic (exact) mass is 378 g/mol. The number of fused-ring (bicyclic) bond motifs is 1. The van der Waals surface area contributed by atoms with E-state index in [0.717, 1.165) is 23.9 Å². The summed E-state index contributed by atoms with van der Waals surface area (Å²) in [4.78, 5) is 27.1. The lowest BCUT2D eigenvalue weighted by Gasteiger charge is -2.32. The highest BCUT2D eigenvalue weighted by Crippen LogP contribution is 2.22. The van der Waals surface area contributed by atoms with Gasteiger partial charge in [-0.15, -0.1) is 10.2 Å². The zero-order chi connectivity index (χ0) is 19.8. The summed E-state index contributed by atoms with van der Waals surface area (Å²) < 4.78 is 9.29. The Bertz CT molecular complexity index is 756. The summed E-state index contributed by atoms with van der Waals surface area (Å²) in [5.74, 6) is 2.79. The van der Waals surface area contributed by atoms with E-state index < -0.39 is 0 Å². The third-order valence-corrected chi connectivity index (χ3v) is 4.41. The van der Waals surface area contributed by atoms with Gasteiger partial charge in [-0.2, -0.15) is 0 Å². The average Bonchev–Trinajstić information content (AvgIpc) is 3.27. The van der Waals surface area contributed by atoms with Gasteiger partial charge in [-0.3, -0.25) is 9.59 Å². The van der Waals surface area contributed by atoms with Crippen molar-refractivity contribution in [1.29, 1.82) is 0 Å². The summed E-state index contributed by atoms with van der Waals surface area (Å²) in [6.45, 7) is 6.17. The summed E-state index contributed by atoms with van der Waals surface area (Å²) in [5, 5.41) is 15.3. The minimum atomic E-state index is -0.250. The molecule has 0 radical (unpaired) electrons. The molecule has 0 saturated carbocycles. The average molecular weight is 378 g/mol. The molecule has 1 atom stereocenters. The van der Waals surface area contributed by atoms with E-state index in [1.165, 1.54) is 0 Å². The van der Waals surface area contributed by atoms with Gasteiger partial charge in [0.25, 0.3) is 6.47 Å². The Morgan fingerprint density at radius 3 is 2.81 bits per heavy atom. The third kappa shape index (κ3) is 4.91. The van der Waals surface area contributed by atoms with Gasteiger partial charge in [-0.05, 0) is 6.92 Å². The van der Waals surface area contributed by atoms with Crippen LogP contribution in [0, 0.1) is 0 Å². The molecule has 0 spiro atoms. The topological polar surface area (TPSA) is 115 Å². The molecule has 2 aromatic rings. The van der Waals surface area contributed by atoms with Crippen molar-refractivity contribution < 1.29 is 19.4 Å². The molecule has 0 fully saturated rings. The van der Waals surface area contributed by atoms with E-state index in [-0.39, 0.29) is 18.4 Å². The van der Waals surface area contributed by atoms with Crippen molar-refractivity contribution in [2.75, 3.05) is 13.7 Å². The van der Waals surface area contributed by atoms with E-state index in [2.05, 4.69) is 33.6 Å². The van der Waals surface area contributed by atoms with Gasteiger partial charge in [-0.1, -0.05) is 6.92 Å². The Balaban J connectivity index is 0.000000817. The van der Waals surface area contributed by atoms with E-state index in [4.69, 9.17) is 14.6 Å². The summed E-state index contributed by atoms with van der Waals surface area (Å²) in [7, 11) is 1.64. The maximum atomic E-state index is 12.6.